The van der Waals surface area contributed by atoms with Gasteiger partial charge in [0, 0.05) is 36.4 Å². The first-order valence-electron chi connectivity index (χ1n) is 9.00. The van der Waals surface area contributed by atoms with Crippen LogP contribution in [0.5, 0.6) is 0 Å². The van der Waals surface area contributed by atoms with Crippen LogP contribution in [0.2, 0.25) is 0 Å². The molecule has 0 spiro atoms. The van der Waals surface area contributed by atoms with E-state index in [1.54, 1.807) is 6.07 Å². The zero-order valence-corrected chi connectivity index (χ0v) is 15.0. The number of carbonyl (C=O) groups excluding carboxylic acids is 1. The van der Waals surface area contributed by atoms with Gasteiger partial charge >= 0.3 is 0 Å². The molecule has 1 unspecified atom stereocenters. The molecule has 132 valence electrons. The first kappa shape index (κ1) is 17.5. The third-order valence-electron chi connectivity index (χ3n) is 5.20. The van der Waals surface area contributed by atoms with Gasteiger partial charge in [-0.25, -0.2) is 0 Å². The third-order valence-corrected chi connectivity index (χ3v) is 5.20. The van der Waals surface area contributed by atoms with Crippen LogP contribution in [0, 0.1) is 6.92 Å². The third kappa shape index (κ3) is 4.20. The maximum Gasteiger partial charge on any atom is 0.251 e. The van der Waals surface area contributed by atoms with E-state index in [2.05, 4.69) is 47.5 Å². The van der Waals surface area contributed by atoms with E-state index in [-0.39, 0.29) is 11.9 Å². The predicted octanol–water partition coefficient (Wildman–Crippen LogP) is 3.53. The molecule has 1 heterocycles. The van der Waals surface area contributed by atoms with Crippen molar-refractivity contribution in [3.05, 3.63) is 65.2 Å². The normalized spacial score (nSPS) is 17.2. The molecule has 4 heteroatoms. The molecule has 1 atom stereocenters. The summed E-state index contributed by atoms with van der Waals surface area (Å²) in [4.78, 5) is 15.0. The van der Waals surface area contributed by atoms with E-state index >= 15 is 0 Å². The first-order valence-corrected chi connectivity index (χ1v) is 9.00. The molecule has 0 saturated carbocycles. The number of nitrogen functional groups attached to an aromatic ring is 1. The smallest absolute Gasteiger partial charge is 0.251 e. The Kier molecular flexibility index (Phi) is 5.39. The van der Waals surface area contributed by atoms with Crippen molar-refractivity contribution in [2.24, 2.45) is 0 Å². The number of hydrogen-bond acceptors (Lipinski definition) is 3. The number of rotatable bonds is 4. The number of nitrogens with two attached hydrogens (primary N) is 1. The van der Waals surface area contributed by atoms with E-state index < -0.39 is 0 Å². The lowest BCUT2D eigenvalue weighted by Crippen LogP contribution is -2.45. The van der Waals surface area contributed by atoms with E-state index in [1.165, 1.54) is 5.56 Å². The van der Waals surface area contributed by atoms with Gasteiger partial charge in [0.2, 0.25) is 0 Å². The van der Waals surface area contributed by atoms with Crippen LogP contribution in [0.1, 0.15) is 47.3 Å². The summed E-state index contributed by atoms with van der Waals surface area (Å²) in [6.45, 7) is 6.19. The Labute approximate surface area is 150 Å². The minimum absolute atomic E-state index is 0.0145. The van der Waals surface area contributed by atoms with Crippen LogP contribution >= 0.6 is 0 Å². The van der Waals surface area contributed by atoms with Gasteiger partial charge in [-0.3, -0.25) is 9.69 Å². The standard InChI is InChI=1S/C21H27N3O/c1-15-8-9-18(22)14-20(15)21(25)23-19-10-12-24(13-11-19)16(2)17-6-4-3-5-7-17/h3-9,14,16,19H,10-13,22H2,1-2H3,(H,23,25). The van der Waals surface area contributed by atoms with Crippen LogP contribution in [0.15, 0.2) is 48.5 Å². The number of piperidine rings is 1. The molecular formula is C21H27N3O. The molecule has 3 N–H and O–H groups in total. The molecule has 1 amide bonds. The van der Waals surface area contributed by atoms with Crippen LogP contribution in [-0.4, -0.2) is 29.9 Å². The second-order valence-electron chi connectivity index (χ2n) is 6.94. The molecule has 0 bridgehead atoms. The Morgan fingerprint density at radius 1 is 1.16 bits per heavy atom. The summed E-state index contributed by atoms with van der Waals surface area (Å²) >= 11 is 0. The van der Waals surface area contributed by atoms with Crippen LogP contribution < -0.4 is 11.1 Å². The van der Waals surface area contributed by atoms with Crippen molar-refractivity contribution < 1.29 is 4.79 Å². The number of nitrogens with one attached hydrogen (secondary N) is 1. The molecule has 0 radical (unpaired) electrons. The summed E-state index contributed by atoms with van der Waals surface area (Å²) in [7, 11) is 0. The minimum Gasteiger partial charge on any atom is -0.399 e. The topological polar surface area (TPSA) is 58.4 Å². The van der Waals surface area contributed by atoms with Crippen molar-refractivity contribution >= 4 is 11.6 Å². The molecular weight excluding hydrogens is 310 g/mol. The highest BCUT2D eigenvalue weighted by Crippen LogP contribution is 2.24. The monoisotopic (exact) mass is 337 g/mol. The SMILES string of the molecule is Cc1ccc(N)cc1C(=O)NC1CCN(C(C)c2ccccc2)CC1. The number of benzene rings is 2. The summed E-state index contributed by atoms with van der Waals surface area (Å²) in [6.07, 6.45) is 1.95. The Balaban J connectivity index is 1.56. The first-order chi connectivity index (χ1) is 12.0. The lowest BCUT2D eigenvalue weighted by molar-refractivity contribution is 0.0895. The molecule has 2 aromatic carbocycles. The van der Waals surface area contributed by atoms with Gasteiger partial charge in [0.15, 0.2) is 0 Å². The molecule has 4 nitrogen and oxygen atoms in total. The van der Waals surface area contributed by atoms with E-state index in [4.69, 9.17) is 5.73 Å². The van der Waals surface area contributed by atoms with Crippen LogP contribution in [-0.2, 0) is 0 Å². The fourth-order valence-electron chi connectivity index (χ4n) is 3.52. The quantitative estimate of drug-likeness (QED) is 0.839. The lowest BCUT2D eigenvalue weighted by Gasteiger charge is -2.36. The average molecular weight is 337 g/mol. The molecule has 1 saturated heterocycles. The fraction of sp³-hybridized carbons (Fsp3) is 0.381. The number of nitrogens with zero attached hydrogens (tertiary/aromatic N) is 1. The molecule has 1 fully saturated rings. The van der Waals surface area contributed by atoms with Gasteiger partial charge < -0.3 is 11.1 Å². The molecule has 0 aliphatic carbocycles. The second kappa shape index (κ2) is 7.70. The van der Waals surface area contributed by atoms with Gasteiger partial charge in [-0.15, -0.1) is 0 Å². The van der Waals surface area contributed by atoms with E-state index in [0.29, 0.717) is 17.3 Å². The largest absolute Gasteiger partial charge is 0.399 e. The van der Waals surface area contributed by atoms with Gasteiger partial charge in [-0.1, -0.05) is 36.4 Å². The highest BCUT2D eigenvalue weighted by Gasteiger charge is 2.25. The molecule has 1 aliphatic rings. The molecule has 0 aromatic heterocycles. The number of hydrogen-bond donors (Lipinski definition) is 2. The number of aryl methyl sites for hydroxylation is 1. The molecule has 2 aromatic rings. The summed E-state index contributed by atoms with van der Waals surface area (Å²) in [5, 5.41) is 3.18. The highest BCUT2D eigenvalue weighted by molar-refractivity contribution is 5.96. The van der Waals surface area contributed by atoms with Crippen molar-refractivity contribution in [3.63, 3.8) is 0 Å². The van der Waals surface area contributed by atoms with Crippen molar-refractivity contribution in [3.8, 4) is 0 Å². The zero-order valence-electron chi connectivity index (χ0n) is 15.0. The summed E-state index contributed by atoms with van der Waals surface area (Å²) < 4.78 is 0. The van der Waals surface area contributed by atoms with Gasteiger partial charge in [-0.05, 0) is 49.9 Å². The maximum absolute atomic E-state index is 12.5. The fourth-order valence-corrected chi connectivity index (χ4v) is 3.52. The molecule has 1 aliphatic heterocycles. The Morgan fingerprint density at radius 2 is 1.84 bits per heavy atom. The minimum atomic E-state index is -0.0145. The Hall–Kier alpha value is -2.33. The van der Waals surface area contributed by atoms with Gasteiger partial charge in [-0.2, -0.15) is 0 Å². The maximum atomic E-state index is 12.5. The van der Waals surface area contributed by atoms with E-state index in [0.717, 1.165) is 31.5 Å². The van der Waals surface area contributed by atoms with Gasteiger partial charge in [0.05, 0.1) is 0 Å². The van der Waals surface area contributed by atoms with E-state index in [9.17, 15) is 4.79 Å². The number of anilines is 1. The summed E-state index contributed by atoms with van der Waals surface area (Å²) in [5.74, 6) is -0.0145. The predicted molar refractivity (Wildman–Crippen MR) is 103 cm³/mol. The Bertz CT molecular complexity index is 721. The van der Waals surface area contributed by atoms with Crippen molar-refractivity contribution in [2.75, 3.05) is 18.8 Å². The average Bonchev–Trinajstić information content (AvgIpc) is 2.64. The number of likely N-dealkylation sites (tertiary alicyclic amines) is 1. The van der Waals surface area contributed by atoms with Gasteiger partial charge in [0.25, 0.3) is 5.91 Å². The van der Waals surface area contributed by atoms with Crippen molar-refractivity contribution in [2.45, 2.75) is 38.8 Å². The van der Waals surface area contributed by atoms with Crippen LogP contribution in [0.4, 0.5) is 5.69 Å². The molecule has 25 heavy (non-hydrogen) atoms. The Morgan fingerprint density at radius 3 is 2.52 bits per heavy atom. The highest BCUT2D eigenvalue weighted by atomic mass is 16.1. The number of amides is 1. The number of carbonyl (C=O) groups is 1. The lowest BCUT2D eigenvalue weighted by atomic mass is 9.99. The summed E-state index contributed by atoms with van der Waals surface area (Å²) in [6, 6.07) is 16.7. The zero-order chi connectivity index (χ0) is 17.8. The van der Waals surface area contributed by atoms with Crippen molar-refractivity contribution in [1.29, 1.82) is 0 Å². The van der Waals surface area contributed by atoms with Gasteiger partial charge in [0.1, 0.15) is 0 Å². The second-order valence-corrected chi connectivity index (χ2v) is 6.94. The van der Waals surface area contributed by atoms with E-state index in [1.807, 2.05) is 19.1 Å². The van der Waals surface area contributed by atoms with Crippen LogP contribution in [0.25, 0.3) is 0 Å². The molecule has 3 rings (SSSR count). The summed E-state index contributed by atoms with van der Waals surface area (Å²) in [5.41, 5.74) is 9.43. The van der Waals surface area contributed by atoms with Crippen LogP contribution in [0.3, 0.4) is 0 Å². The van der Waals surface area contributed by atoms with Crippen molar-refractivity contribution in [1.82, 2.24) is 10.2 Å².